The topological polar surface area (TPSA) is 15.3 Å². The van der Waals surface area contributed by atoms with Crippen LogP contribution in [0.4, 0.5) is 0 Å². The Morgan fingerprint density at radius 1 is 1.53 bits per heavy atom. The van der Waals surface area contributed by atoms with Gasteiger partial charge in [-0.1, -0.05) is 0 Å². The fourth-order valence-electron chi connectivity index (χ4n) is 1.17. The molecular weight excluding hydrogens is 272 g/mol. The summed E-state index contributed by atoms with van der Waals surface area (Å²) in [6.07, 6.45) is 0. The molecule has 0 saturated carbocycles. The summed E-state index contributed by atoms with van der Waals surface area (Å²) >= 11 is 5.32. The summed E-state index contributed by atoms with van der Waals surface area (Å²) in [4.78, 5) is 3.72. The van der Waals surface area contributed by atoms with Gasteiger partial charge in [0.2, 0.25) is 0 Å². The van der Waals surface area contributed by atoms with Crippen LogP contribution < -0.4 is 5.32 Å². The van der Waals surface area contributed by atoms with Crippen molar-refractivity contribution < 1.29 is 0 Å². The number of halogens is 1. The average molecular weight is 291 g/mol. The Hall–Kier alpha value is 0.100. The second kappa shape index (κ2) is 6.63. The van der Waals surface area contributed by atoms with E-state index in [0.29, 0.717) is 6.04 Å². The quantitative estimate of drug-likeness (QED) is 0.811. The molecule has 0 aliphatic heterocycles. The van der Waals surface area contributed by atoms with Crippen LogP contribution in [-0.2, 0) is 6.54 Å². The summed E-state index contributed by atoms with van der Waals surface area (Å²) < 4.78 is 1.22. The van der Waals surface area contributed by atoms with Crippen molar-refractivity contribution >= 4 is 27.3 Å². The highest BCUT2D eigenvalue weighted by atomic mass is 79.9. The number of nitrogens with one attached hydrogen (secondary N) is 1. The third-order valence-corrected chi connectivity index (χ3v) is 4.43. The maximum atomic E-state index is 3.53. The number of hydrogen-bond donors (Lipinski definition) is 1. The molecule has 15 heavy (non-hydrogen) atoms. The van der Waals surface area contributed by atoms with Gasteiger partial charge in [0.05, 0.1) is 0 Å². The number of rotatable bonds is 6. The number of nitrogens with zero attached hydrogens (tertiary/aromatic N) is 1. The van der Waals surface area contributed by atoms with Crippen molar-refractivity contribution in [1.29, 1.82) is 0 Å². The van der Waals surface area contributed by atoms with Gasteiger partial charge in [-0.2, -0.15) is 0 Å². The van der Waals surface area contributed by atoms with Crippen LogP contribution >= 0.6 is 27.3 Å². The summed E-state index contributed by atoms with van der Waals surface area (Å²) in [7, 11) is 2.16. The fourth-order valence-corrected chi connectivity index (χ4v) is 2.63. The van der Waals surface area contributed by atoms with Gasteiger partial charge in [0, 0.05) is 35.0 Å². The lowest BCUT2D eigenvalue weighted by molar-refractivity contribution is 0.273. The minimum Gasteiger partial charge on any atom is -0.311 e. The van der Waals surface area contributed by atoms with Crippen LogP contribution in [0.2, 0.25) is 0 Å². The van der Waals surface area contributed by atoms with Crippen LogP contribution in [0.15, 0.2) is 15.9 Å². The first-order valence-electron chi connectivity index (χ1n) is 5.24. The van der Waals surface area contributed by atoms with Crippen molar-refractivity contribution in [2.75, 3.05) is 20.1 Å². The lowest BCUT2D eigenvalue weighted by Gasteiger charge is -2.20. The van der Waals surface area contributed by atoms with Crippen molar-refractivity contribution in [3.63, 3.8) is 0 Å². The number of likely N-dealkylation sites (N-methyl/N-ethyl adjacent to an activating group) is 1. The Kier molecular flexibility index (Phi) is 5.82. The summed E-state index contributed by atoms with van der Waals surface area (Å²) in [6.45, 7) is 7.54. The molecule has 0 aromatic carbocycles. The lowest BCUT2D eigenvalue weighted by atomic mass is 10.3. The van der Waals surface area contributed by atoms with E-state index in [1.54, 1.807) is 11.3 Å². The highest BCUT2D eigenvalue weighted by molar-refractivity contribution is 9.10. The summed E-state index contributed by atoms with van der Waals surface area (Å²) in [5.41, 5.74) is 0. The first-order chi connectivity index (χ1) is 7.11. The molecule has 1 N–H and O–H groups in total. The van der Waals surface area contributed by atoms with Crippen molar-refractivity contribution in [2.24, 2.45) is 0 Å². The molecule has 2 nitrogen and oxygen atoms in total. The first kappa shape index (κ1) is 13.2. The SMILES string of the molecule is CC(C)N(C)CCNCc1sccc1Br. The molecule has 0 bridgehead atoms. The van der Waals surface area contributed by atoms with Crippen LogP contribution in [0.5, 0.6) is 0 Å². The van der Waals surface area contributed by atoms with Crippen LogP contribution in [0, 0.1) is 0 Å². The molecule has 4 heteroatoms. The summed E-state index contributed by atoms with van der Waals surface area (Å²) in [6, 6.07) is 2.72. The second-order valence-corrected chi connectivity index (χ2v) is 5.80. The van der Waals surface area contributed by atoms with Gasteiger partial charge < -0.3 is 10.2 Å². The van der Waals surface area contributed by atoms with E-state index in [1.807, 2.05) is 0 Å². The second-order valence-electron chi connectivity index (χ2n) is 3.94. The van der Waals surface area contributed by atoms with E-state index in [0.717, 1.165) is 19.6 Å². The van der Waals surface area contributed by atoms with Crippen molar-refractivity contribution in [3.05, 3.63) is 20.8 Å². The maximum absolute atomic E-state index is 3.53. The van der Waals surface area contributed by atoms with Crippen molar-refractivity contribution in [2.45, 2.75) is 26.4 Å². The molecule has 1 heterocycles. The van der Waals surface area contributed by atoms with Crippen LogP contribution in [0.3, 0.4) is 0 Å². The minimum atomic E-state index is 0.625. The van der Waals surface area contributed by atoms with Crippen molar-refractivity contribution in [1.82, 2.24) is 10.2 Å². The van der Waals surface area contributed by atoms with Gasteiger partial charge in [0.15, 0.2) is 0 Å². The zero-order valence-electron chi connectivity index (χ0n) is 9.59. The Bertz CT molecular complexity index is 286. The smallest absolute Gasteiger partial charge is 0.0327 e. The van der Waals surface area contributed by atoms with Gasteiger partial charge in [-0.15, -0.1) is 11.3 Å². The standard InChI is InChI=1S/C11H19BrN2S/c1-9(2)14(3)6-5-13-8-11-10(12)4-7-15-11/h4,7,9,13H,5-6,8H2,1-3H3. The molecule has 1 aromatic heterocycles. The molecule has 0 amide bonds. The predicted molar refractivity (Wildman–Crippen MR) is 71.5 cm³/mol. The molecule has 0 fully saturated rings. The van der Waals surface area contributed by atoms with Crippen LogP contribution in [0.25, 0.3) is 0 Å². The van der Waals surface area contributed by atoms with Gasteiger partial charge in [0.1, 0.15) is 0 Å². The van der Waals surface area contributed by atoms with E-state index in [1.165, 1.54) is 9.35 Å². The molecule has 0 unspecified atom stereocenters. The van der Waals surface area contributed by atoms with Gasteiger partial charge >= 0.3 is 0 Å². The average Bonchev–Trinajstić information content (AvgIpc) is 2.58. The Morgan fingerprint density at radius 2 is 2.27 bits per heavy atom. The van der Waals surface area contributed by atoms with E-state index in [-0.39, 0.29) is 0 Å². The molecule has 0 aliphatic carbocycles. The molecular formula is C11H19BrN2S. The van der Waals surface area contributed by atoms with Gasteiger partial charge in [-0.05, 0) is 48.3 Å². The molecule has 0 saturated heterocycles. The number of hydrogen-bond acceptors (Lipinski definition) is 3. The zero-order chi connectivity index (χ0) is 11.3. The molecule has 0 aliphatic rings. The van der Waals surface area contributed by atoms with Gasteiger partial charge in [-0.25, -0.2) is 0 Å². The van der Waals surface area contributed by atoms with Crippen molar-refractivity contribution in [3.8, 4) is 0 Å². The van der Waals surface area contributed by atoms with Gasteiger partial charge in [0.25, 0.3) is 0 Å². The normalized spacial score (nSPS) is 11.6. The molecule has 0 atom stereocenters. The molecule has 1 rings (SSSR count). The zero-order valence-corrected chi connectivity index (χ0v) is 12.0. The monoisotopic (exact) mass is 290 g/mol. The summed E-state index contributed by atoms with van der Waals surface area (Å²) in [5.74, 6) is 0. The first-order valence-corrected chi connectivity index (χ1v) is 6.91. The summed E-state index contributed by atoms with van der Waals surface area (Å²) in [5, 5.41) is 5.57. The van der Waals surface area contributed by atoms with Crippen LogP contribution in [-0.4, -0.2) is 31.1 Å². The third-order valence-electron chi connectivity index (χ3n) is 2.50. The number of thiophene rings is 1. The van der Waals surface area contributed by atoms with Crippen LogP contribution in [0.1, 0.15) is 18.7 Å². The highest BCUT2D eigenvalue weighted by Gasteiger charge is 2.03. The Balaban J connectivity index is 2.15. The lowest BCUT2D eigenvalue weighted by Crippen LogP contribution is -2.33. The third kappa shape index (κ3) is 4.64. The van der Waals surface area contributed by atoms with E-state index < -0.39 is 0 Å². The van der Waals surface area contributed by atoms with Gasteiger partial charge in [-0.3, -0.25) is 0 Å². The minimum absolute atomic E-state index is 0.625. The van der Waals surface area contributed by atoms with E-state index >= 15 is 0 Å². The molecule has 0 radical (unpaired) electrons. The largest absolute Gasteiger partial charge is 0.311 e. The Morgan fingerprint density at radius 3 is 2.80 bits per heavy atom. The predicted octanol–water partition coefficient (Wildman–Crippen LogP) is 2.94. The maximum Gasteiger partial charge on any atom is 0.0327 e. The van der Waals surface area contributed by atoms with E-state index in [9.17, 15) is 0 Å². The van der Waals surface area contributed by atoms with E-state index in [2.05, 4.69) is 58.5 Å². The molecule has 86 valence electrons. The highest BCUT2D eigenvalue weighted by Crippen LogP contribution is 2.21. The molecule has 1 aromatic rings. The Labute approximate surface area is 105 Å². The van der Waals surface area contributed by atoms with E-state index in [4.69, 9.17) is 0 Å². The fraction of sp³-hybridized carbons (Fsp3) is 0.636. The molecule has 0 spiro atoms.